The monoisotopic (exact) mass is 449 g/mol. The SMILES string of the molecule is Cc1ccc(S(=O)(=O)OCCOCc2ccc(COC3=C(Cl)C(=O)N=C3)cc2)cc1. The van der Waals surface area contributed by atoms with Crippen molar-refractivity contribution >= 4 is 33.8 Å². The lowest BCUT2D eigenvalue weighted by molar-refractivity contribution is -0.113. The summed E-state index contributed by atoms with van der Waals surface area (Å²) in [4.78, 5) is 14.9. The number of hydrogen-bond donors (Lipinski definition) is 0. The van der Waals surface area contributed by atoms with Gasteiger partial charge in [0.25, 0.3) is 16.0 Å². The zero-order chi connectivity index (χ0) is 21.6. The second-order valence-corrected chi connectivity index (χ2v) is 8.48. The molecule has 0 saturated heterocycles. The van der Waals surface area contributed by atoms with Gasteiger partial charge in [0.15, 0.2) is 10.8 Å². The molecule has 1 amide bonds. The lowest BCUT2D eigenvalue weighted by atomic mass is 10.1. The van der Waals surface area contributed by atoms with Gasteiger partial charge in [-0.15, -0.1) is 0 Å². The van der Waals surface area contributed by atoms with Gasteiger partial charge in [0, 0.05) is 0 Å². The van der Waals surface area contributed by atoms with Crippen LogP contribution in [0.3, 0.4) is 0 Å². The van der Waals surface area contributed by atoms with Crippen LogP contribution in [-0.4, -0.2) is 33.8 Å². The van der Waals surface area contributed by atoms with Gasteiger partial charge >= 0.3 is 0 Å². The number of aliphatic imine (C=N–C) groups is 1. The van der Waals surface area contributed by atoms with Gasteiger partial charge in [-0.3, -0.25) is 8.98 Å². The molecule has 0 radical (unpaired) electrons. The summed E-state index contributed by atoms with van der Waals surface area (Å²) >= 11 is 5.79. The molecule has 1 aliphatic heterocycles. The van der Waals surface area contributed by atoms with Gasteiger partial charge in [0.1, 0.15) is 6.61 Å². The van der Waals surface area contributed by atoms with E-state index in [0.717, 1.165) is 16.7 Å². The number of aryl methyl sites for hydroxylation is 1. The number of hydrogen-bond acceptors (Lipinski definition) is 6. The molecular weight excluding hydrogens is 430 g/mol. The highest BCUT2D eigenvalue weighted by Crippen LogP contribution is 2.19. The molecule has 0 atom stereocenters. The molecular formula is C21H20ClNO6S. The molecule has 3 rings (SSSR count). The summed E-state index contributed by atoms with van der Waals surface area (Å²) in [6.45, 7) is 2.50. The first-order chi connectivity index (χ1) is 14.3. The minimum atomic E-state index is -3.79. The molecule has 0 N–H and O–H groups in total. The Balaban J connectivity index is 1.39. The van der Waals surface area contributed by atoms with Crippen LogP contribution in [0.15, 0.2) is 69.2 Å². The van der Waals surface area contributed by atoms with E-state index in [1.54, 1.807) is 12.1 Å². The Hall–Kier alpha value is -2.52. The molecule has 158 valence electrons. The van der Waals surface area contributed by atoms with Gasteiger partial charge in [-0.25, -0.2) is 4.99 Å². The van der Waals surface area contributed by atoms with Crippen molar-refractivity contribution in [3.8, 4) is 0 Å². The number of halogens is 1. The topological polar surface area (TPSA) is 91.3 Å². The van der Waals surface area contributed by atoms with E-state index in [1.165, 1.54) is 18.3 Å². The van der Waals surface area contributed by atoms with Crippen molar-refractivity contribution in [1.82, 2.24) is 0 Å². The van der Waals surface area contributed by atoms with Crippen LogP contribution in [0.2, 0.25) is 0 Å². The number of amides is 1. The largest absolute Gasteiger partial charge is 0.485 e. The van der Waals surface area contributed by atoms with Gasteiger partial charge < -0.3 is 9.47 Å². The first kappa shape index (κ1) is 22.2. The van der Waals surface area contributed by atoms with Crippen LogP contribution >= 0.6 is 11.6 Å². The minimum Gasteiger partial charge on any atom is -0.485 e. The highest BCUT2D eigenvalue weighted by molar-refractivity contribution is 7.86. The normalized spacial score (nSPS) is 13.9. The Kier molecular flexibility index (Phi) is 7.38. The molecule has 0 bridgehead atoms. The van der Waals surface area contributed by atoms with Crippen molar-refractivity contribution in [3.05, 3.63) is 76.0 Å². The van der Waals surface area contributed by atoms with E-state index in [9.17, 15) is 13.2 Å². The fourth-order valence-corrected chi connectivity index (χ4v) is 3.54. The van der Waals surface area contributed by atoms with Crippen LogP contribution in [0.4, 0.5) is 0 Å². The van der Waals surface area contributed by atoms with E-state index < -0.39 is 16.0 Å². The molecule has 9 heteroatoms. The van der Waals surface area contributed by atoms with Crippen LogP contribution in [0, 0.1) is 6.92 Å². The molecule has 0 aliphatic carbocycles. The fourth-order valence-electron chi connectivity index (χ4n) is 2.50. The van der Waals surface area contributed by atoms with Crippen LogP contribution in [0.1, 0.15) is 16.7 Å². The Morgan fingerprint density at radius 3 is 2.17 bits per heavy atom. The summed E-state index contributed by atoms with van der Waals surface area (Å²) in [7, 11) is -3.79. The van der Waals surface area contributed by atoms with Crippen LogP contribution in [0.25, 0.3) is 0 Å². The van der Waals surface area contributed by atoms with Crippen molar-refractivity contribution < 1.29 is 26.9 Å². The van der Waals surface area contributed by atoms with E-state index in [4.69, 9.17) is 25.3 Å². The summed E-state index contributed by atoms with van der Waals surface area (Å²) in [6, 6.07) is 13.9. The predicted molar refractivity (Wildman–Crippen MR) is 112 cm³/mol. The summed E-state index contributed by atoms with van der Waals surface area (Å²) in [5.41, 5.74) is 2.77. The minimum absolute atomic E-state index is 0.0216. The first-order valence-electron chi connectivity index (χ1n) is 9.08. The average Bonchev–Trinajstić information content (AvgIpc) is 3.05. The number of allylic oxidation sites excluding steroid dienone is 1. The van der Waals surface area contributed by atoms with Gasteiger partial charge in [-0.05, 0) is 30.2 Å². The number of carbonyl (C=O) groups is 1. The van der Waals surface area contributed by atoms with Gasteiger partial charge in [-0.1, -0.05) is 53.6 Å². The van der Waals surface area contributed by atoms with Crippen LogP contribution < -0.4 is 0 Å². The molecule has 0 spiro atoms. The summed E-state index contributed by atoms with van der Waals surface area (Å²) in [5, 5.41) is -0.0216. The molecule has 0 fully saturated rings. The van der Waals surface area contributed by atoms with Crippen molar-refractivity contribution in [1.29, 1.82) is 0 Å². The van der Waals surface area contributed by atoms with Crippen LogP contribution in [-0.2, 0) is 41.8 Å². The van der Waals surface area contributed by atoms with Crippen molar-refractivity contribution in [2.45, 2.75) is 25.0 Å². The van der Waals surface area contributed by atoms with Crippen molar-refractivity contribution in [2.75, 3.05) is 13.2 Å². The summed E-state index contributed by atoms with van der Waals surface area (Å²) in [5.74, 6) is -0.246. The molecule has 0 aromatic heterocycles. The number of ether oxygens (including phenoxy) is 2. The number of benzene rings is 2. The standard InChI is InChI=1S/C21H20ClNO6S/c1-15-2-8-18(9-3-15)30(25,26)29-11-10-27-13-16-4-6-17(7-5-16)14-28-19-12-23-21(24)20(19)22/h2-9,12H,10-11,13-14H2,1H3. The molecule has 0 unspecified atom stereocenters. The molecule has 1 heterocycles. The predicted octanol–water partition coefficient (Wildman–Crippen LogP) is 3.50. The maximum Gasteiger partial charge on any atom is 0.297 e. The molecule has 1 aliphatic rings. The van der Waals surface area contributed by atoms with Crippen molar-refractivity contribution in [2.24, 2.45) is 4.99 Å². The Morgan fingerprint density at radius 2 is 1.57 bits per heavy atom. The summed E-state index contributed by atoms with van der Waals surface area (Å²) < 4.78 is 40.1. The van der Waals surface area contributed by atoms with Crippen LogP contribution in [0.5, 0.6) is 0 Å². The van der Waals surface area contributed by atoms with Crippen molar-refractivity contribution in [3.63, 3.8) is 0 Å². The molecule has 7 nitrogen and oxygen atoms in total. The highest BCUT2D eigenvalue weighted by Gasteiger charge is 2.18. The second kappa shape index (κ2) is 9.99. The quantitative estimate of drug-likeness (QED) is 0.407. The third-order valence-corrected chi connectivity index (χ3v) is 5.84. The Labute approximate surface area is 180 Å². The van der Waals surface area contributed by atoms with Gasteiger partial charge in [0.05, 0.1) is 30.9 Å². The number of nitrogens with zero attached hydrogens (tertiary/aromatic N) is 1. The second-order valence-electron chi connectivity index (χ2n) is 6.49. The van der Waals surface area contributed by atoms with E-state index in [2.05, 4.69) is 4.99 Å². The lowest BCUT2D eigenvalue weighted by Crippen LogP contribution is -2.11. The van der Waals surface area contributed by atoms with E-state index >= 15 is 0 Å². The van der Waals surface area contributed by atoms with Gasteiger partial charge in [0.2, 0.25) is 0 Å². The van der Waals surface area contributed by atoms with Gasteiger partial charge in [-0.2, -0.15) is 8.42 Å². The van der Waals surface area contributed by atoms with E-state index in [-0.39, 0.29) is 35.5 Å². The number of rotatable bonds is 10. The molecule has 2 aromatic rings. The molecule has 0 saturated carbocycles. The third-order valence-electron chi connectivity index (χ3n) is 4.17. The Bertz CT molecular complexity index is 1060. The molecule has 2 aromatic carbocycles. The smallest absolute Gasteiger partial charge is 0.297 e. The molecule has 30 heavy (non-hydrogen) atoms. The highest BCUT2D eigenvalue weighted by atomic mass is 35.5. The zero-order valence-corrected chi connectivity index (χ0v) is 17.8. The average molecular weight is 450 g/mol. The maximum atomic E-state index is 12.1. The summed E-state index contributed by atoms with van der Waals surface area (Å²) in [6.07, 6.45) is 1.30. The zero-order valence-electron chi connectivity index (χ0n) is 16.2. The van der Waals surface area contributed by atoms with E-state index in [0.29, 0.717) is 6.61 Å². The number of carbonyl (C=O) groups excluding carboxylic acids is 1. The first-order valence-corrected chi connectivity index (χ1v) is 10.9. The fraction of sp³-hybridized carbons (Fsp3) is 0.238. The third kappa shape index (κ3) is 5.99. The Morgan fingerprint density at radius 1 is 0.933 bits per heavy atom. The van der Waals surface area contributed by atoms with E-state index in [1.807, 2.05) is 31.2 Å². The maximum absolute atomic E-state index is 12.1. The lowest BCUT2D eigenvalue weighted by Gasteiger charge is -2.08.